The molecule has 3 aromatic rings. The molecule has 5 rings (SSSR count). The number of benzene rings is 3. The third kappa shape index (κ3) is 3.49. The fraction of sp³-hybridized carbons (Fsp3) is 0.200. The number of carbonyl (C=O) groups excluding carboxylic acids is 2. The highest BCUT2D eigenvalue weighted by atomic mass is 19.1. The van der Waals surface area contributed by atoms with Crippen molar-refractivity contribution in [2.45, 2.75) is 18.8 Å². The third-order valence-corrected chi connectivity index (χ3v) is 5.88. The predicted molar refractivity (Wildman–Crippen MR) is 117 cm³/mol. The van der Waals surface area contributed by atoms with Crippen LogP contribution in [0.4, 0.5) is 20.2 Å². The number of likely N-dealkylation sites (N-methyl/N-ethyl adjacent to an activating group) is 1. The Kier molecular flexibility index (Phi) is 4.89. The van der Waals surface area contributed by atoms with Crippen molar-refractivity contribution in [3.8, 4) is 16.9 Å². The molecule has 1 aliphatic carbocycles. The molecule has 1 fully saturated rings. The van der Waals surface area contributed by atoms with E-state index in [1.807, 2.05) is 24.3 Å². The number of rotatable bonds is 4. The molecule has 7 heteroatoms. The van der Waals surface area contributed by atoms with E-state index in [1.165, 1.54) is 6.07 Å². The molecule has 1 aliphatic heterocycles. The van der Waals surface area contributed by atoms with Crippen molar-refractivity contribution in [2.75, 3.05) is 23.9 Å². The molecule has 32 heavy (non-hydrogen) atoms. The van der Waals surface area contributed by atoms with Crippen molar-refractivity contribution >= 4 is 23.2 Å². The van der Waals surface area contributed by atoms with Crippen molar-refractivity contribution in [3.05, 3.63) is 77.4 Å². The van der Waals surface area contributed by atoms with Gasteiger partial charge in [0.2, 0.25) is 0 Å². The zero-order chi connectivity index (χ0) is 22.4. The van der Waals surface area contributed by atoms with Crippen LogP contribution in [-0.2, 0) is 4.79 Å². The number of nitrogens with one attached hydrogen (secondary N) is 1. The zero-order valence-corrected chi connectivity index (χ0v) is 17.3. The Bertz CT molecular complexity index is 1220. The van der Waals surface area contributed by atoms with Crippen LogP contribution in [0.2, 0.25) is 0 Å². The predicted octanol–water partition coefficient (Wildman–Crippen LogP) is 5.12. The van der Waals surface area contributed by atoms with Crippen molar-refractivity contribution in [1.29, 1.82) is 0 Å². The number of nitrogens with zero attached hydrogens (tertiary/aromatic N) is 1. The second-order valence-corrected chi connectivity index (χ2v) is 8.02. The number of halogens is 2. The molecule has 0 radical (unpaired) electrons. The molecule has 2 amide bonds. The number of hydrogen-bond acceptors (Lipinski definition) is 3. The van der Waals surface area contributed by atoms with E-state index in [0.717, 1.165) is 53.1 Å². The molecule has 162 valence electrons. The van der Waals surface area contributed by atoms with Gasteiger partial charge in [-0.15, -0.1) is 0 Å². The van der Waals surface area contributed by atoms with Gasteiger partial charge in [0.1, 0.15) is 22.9 Å². The molecule has 1 heterocycles. The van der Waals surface area contributed by atoms with Crippen LogP contribution in [0.25, 0.3) is 11.1 Å². The van der Waals surface area contributed by atoms with Gasteiger partial charge in [0.25, 0.3) is 11.8 Å². The Balaban J connectivity index is 1.45. The van der Waals surface area contributed by atoms with Gasteiger partial charge in [-0.3, -0.25) is 9.59 Å². The minimum atomic E-state index is -0.911. The summed E-state index contributed by atoms with van der Waals surface area (Å²) in [6, 6.07) is 14.2. The first-order valence-corrected chi connectivity index (χ1v) is 10.4. The molecule has 0 spiro atoms. The number of amides is 2. The summed E-state index contributed by atoms with van der Waals surface area (Å²) in [4.78, 5) is 26.0. The maximum absolute atomic E-state index is 13.9. The average Bonchev–Trinajstić information content (AvgIpc) is 3.61. The molecule has 0 aromatic heterocycles. The van der Waals surface area contributed by atoms with Crippen LogP contribution < -0.4 is 15.0 Å². The average molecular weight is 434 g/mol. The first-order chi connectivity index (χ1) is 15.4. The Morgan fingerprint density at radius 1 is 1.03 bits per heavy atom. The lowest BCUT2D eigenvalue weighted by atomic mass is 9.94. The summed E-state index contributed by atoms with van der Waals surface area (Å²) in [6.45, 7) is 0.0181. The van der Waals surface area contributed by atoms with E-state index in [1.54, 1.807) is 24.1 Å². The molecule has 0 atom stereocenters. The maximum atomic E-state index is 13.9. The first kappa shape index (κ1) is 20.2. The van der Waals surface area contributed by atoms with E-state index in [2.05, 4.69) is 5.32 Å². The largest absolute Gasteiger partial charge is 0.481 e. The van der Waals surface area contributed by atoms with Crippen molar-refractivity contribution < 1.29 is 23.1 Å². The molecule has 0 unspecified atom stereocenters. The Morgan fingerprint density at radius 2 is 1.72 bits per heavy atom. The van der Waals surface area contributed by atoms with Crippen LogP contribution in [0.3, 0.4) is 0 Å². The Labute approximate surface area is 183 Å². The van der Waals surface area contributed by atoms with E-state index < -0.39 is 23.1 Å². The summed E-state index contributed by atoms with van der Waals surface area (Å²) < 4.78 is 33.6. The van der Waals surface area contributed by atoms with Gasteiger partial charge in [-0.25, -0.2) is 8.78 Å². The number of fused-ring (bicyclic) bond motifs is 1. The molecular weight excluding hydrogens is 414 g/mol. The maximum Gasteiger partial charge on any atom is 0.264 e. The van der Waals surface area contributed by atoms with Crippen molar-refractivity contribution in [3.63, 3.8) is 0 Å². The van der Waals surface area contributed by atoms with Gasteiger partial charge in [-0.05, 0) is 60.2 Å². The molecular formula is C25H20F2N2O3. The summed E-state index contributed by atoms with van der Waals surface area (Å²) >= 11 is 0. The lowest BCUT2D eigenvalue weighted by Gasteiger charge is -2.29. The highest BCUT2D eigenvalue weighted by molar-refractivity contribution is 6.04. The lowest BCUT2D eigenvalue weighted by Crippen LogP contribution is -2.35. The monoisotopic (exact) mass is 434 g/mol. The second kappa shape index (κ2) is 7.75. The minimum Gasteiger partial charge on any atom is -0.481 e. The van der Waals surface area contributed by atoms with E-state index in [9.17, 15) is 18.4 Å². The van der Waals surface area contributed by atoms with Gasteiger partial charge in [-0.2, -0.15) is 0 Å². The third-order valence-electron chi connectivity index (χ3n) is 5.88. The smallest absolute Gasteiger partial charge is 0.264 e. The van der Waals surface area contributed by atoms with Crippen LogP contribution in [0.1, 0.15) is 34.7 Å². The molecule has 0 bridgehead atoms. The fourth-order valence-electron chi connectivity index (χ4n) is 4.04. The lowest BCUT2D eigenvalue weighted by molar-refractivity contribution is -0.121. The highest BCUT2D eigenvalue weighted by Crippen LogP contribution is 2.52. The van der Waals surface area contributed by atoms with Gasteiger partial charge in [0.05, 0.1) is 5.69 Å². The van der Waals surface area contributed by atoms with Gasteiger partial charge >= 0.3 is 0 Å². The SMILES string of the molecule is CN1C(=O)COc2c1ccc(-c1ccc(NC(=O)c3c(F)cccc3F)cc1)c2C1CC1. The molecule has 1 saturated carbocycles. The molecule has 2 aliphatic rings. The number of hydrogen-bond donors (Lipinski definition) is 1. The second-order valence-electron chi connectivity index (χ2n) is 8.02. The molecule has 0 saturated heterocycles. The fourth-order valence-corrected chi connectivity index (χ4v) is 4.04. The van der Waals surface area contributed by atoms with Crippen LogP contribution in [0, 0.1) is 11.6 Å². The topological polar surface area (TPSA) is 58.6 Å². The Hall–Kier alpha value is -3.74. The minimum absolute atomic E-state index is 0.0181. The van der Waals surface area contributed by atoms with E-state index in [4.69, 9.17) is 4.74 Å². The van der Waals surface area contributed by atoms with Crippen molar-refractivity contribution in [2.24, 2.45) is 0 Å². The Morgan fingerprint density at radius 3 is 2.38 bits per heavy atom. The molecule has 5 nitrogen and oxygen atoms in total. The van der Waals surface area contributed by atoms with E-state index in [-0.39, 0.29) is 12.5 Å². The van der Waals surface area contributed by atoms with Crippen LogP contribution >= 0.6 is 0 Å². The van der Waals surface area contributed by atoms with Crippen molar-refractivity contribution in [1.82, 2.24) is 0 Å². The summed E-state index contributed by atoms with van der Waals surface area (Å²) in [5.74, 6) is -1.62. The quantitative estimate of drug-likeness (QED) is 0.620. The van der Waals surface area contributed by atoms with Gasteiger partial charge in [-0.1, -0.05) is 24.3 Å². The van der Waals surface area contributed by atoms with E-state index >= 15 is 0 Å². The highest BCUT2D eigenvalue weighted by Gasteiger charge is 2.34. The number of carbonyl (C=O) groups is 2. The van der Waals surface area contributed by atoms with Gasteiger partial charge in [0.15, 0.2) is 6.61 Å². The zero-order valence-electron chi connectivity index (χ0n) is 17.3. The van der Waals surface area contributed by atoms with Crippen LogP contribution in [-0.4, -0.2) is 25.5 Å². The summed E-state index contributed by atoms with van der Waals surface area (Å²) in [5.41, 5.74) is 3.60. The summed E-state index contributed by atoms with van der Waals surface area (Å²) in [6.07, 6.45) is 2.12. The summed E-state index contributed by atoms with van der Waals surface area (Å²) in [7, 11) is 1.75. The van der Waals surface area contributed by atoms with Crippen LogP contribution in [0.15, 0.2) is 54.6 Å². The van der Waals surface area contributed by atoms with E-state index in [0.29, 0.717) is 11.6 Å². The summed E-state index contributed by atoms with van der Waals surface area (Å²) in [5, 5.41) is 2.54. The van der Waals surface area contributed by atoms with Gasteiger partial charge in [0, 0.05) is 18.3 Å². The molecule has 3 aromatic carbocycles. The van der Waals surface area contributed by atoms with Crippen LogP contribution in [0.5, 0.6) is 5.75 Å². The number of ether oxygens (including phenoxy) is 1. The molecule has 1 N–H and O–H groups in total. The van der Waals surface area contributed by atoms with Gasteiger partial charge < -0.3 is 15.0 Å². The normalized spacial score (nSPS) is 15.2. The first-order valence-electron chi connectivity index (χ1n) is 10.4. The standard InChI is InChI=1S/C25H20F2N2O3/c1-29-20-12-11-17(22(15-5-6-15)24(20)32-13-21(29)30)14-7-9-16(10-8-14)28-25(31)23-18(26)3-2-4-19(23)27/h2-4,7-12,15H,5-6,13H2,1H3,(H,28,31). The number of anilines is 2.